The van der Waals surface area contributed by atoms with Gasteiger partial charge in [-0.3, -0.25) is 0 Å². The van der Waals surface area contributed by atoms with Gasteiger partial charge in [0.05, 0.1) is 0 Å². The highest BCUT2D eigenvalue weighted by Crippen LogP contribution is 2.14. The van der Waals surface area contributed by atoms with Crippen LogP contribution in [0.4, 0.5) is 0 Å². The molecular formula is C7H8O3S. The molecule has 0 amide bonds. The van der Waals surface area contributed by atoms with E-state index in [9.17, 15) is 4.79 Å². The van der Waals surface area contributed by atoms with Crippen molar-refractivity contribution in [2.75, 3.05) is 0 Å². The van der Waals surface area contributed by atoms with Crippen LogP contribution in [-0.2, 0) is 0 Å². The zero-order valence-corrected chi connectivity index (χ0v) is 6.61. The van der Waals surface area contributed by atoms with Crippen molar-refractivity contribution in [3.05, 3.63) is 29.8 Å². The second kappa shape index (κ2) is 3.88. The fourth-order valence-electron chi connectivity index (χ4n) is 0.654. The quantitative estimate of drug-likeness (QED) is 0.669. The lowest BCUT2D eigenvalue weighted by molar-refractivity contribution is 0.0694. The monoisotopic (exact) mass is 172 g/mol. The highest BCUT2D eigenvalue weighted by molar-refractivity contribution is 7.59. The van der Waals surface area contributed by atoms with Crippen molar-refractivity contribution in [1.29, 1.82) is 0 Å². The first-order chi connectivity index (χ1) is 4.72. The van der Waals surface area contributed by atoms with Crippen LogP contribution in [0.5, 0.6) is 5.75 Å². The van der Waals surface area contributed by atoms with Crippen LogP contribution >= 0.6 is 13.5 Å². The lowest BCUT2D eigenvalue weighted by Crippen LogP contribution is -1.95. The molecule has 1 aromatic carbocycles. The normalized spacial score (nSPS) is 8.36. The van der Waals surface area contributed by atoms with Gasteiger partial charge in [0, 0.05) is 0 Å². The van der Waals surface area contributed by atoms with E-state index in [1.54, 1.807) is 12.1 Å². The van der Waals surface area contributed by atoms with Crippen LogP contribution in [0.3, 0.4) is 0 Å². The maximum absolute atomic E-state index is 10.3. The Morgan fingerprint density at radius 1 is 1.27 bits per heavy atom. The molecule has 0 aliphatic carbocycles. The van der Waals surface area contributed by atoms with Crippen LogP contribution in [0.2, 0.25) is 0 Å². The molecule has 0 aliphatic heterocycles. The lowest BCUT2D eigenvalue weighted by Gasteiger charge is -1.95. The van der Waals surface area contributed by atoms with Crippen LogP contribution in [-0.4, -0.2) is 16.2 Å². The minimum atomic E-state index is -1.11. The number of rotatable bonds is 1. The molecule has 0 unspecified atom stereocenters. The maximum Gasteiger partial charge on any atom is 0.339 e. The molecule has 1 rings (SSSR count). The fraction of sp³-hybridized carbons (Fsp3) is 0. The molecule has 0 saturated heterocycles. The van der Waals surface area contributed by atoms with Gasteiger partial charge in [-0.1, -0.05) is 12.1 Å². The van der Waals surface area contributed by atoms with E-state index in [1.807, 2.05) is 0 Å². The molecule has 0 heterocycles. The van der Waals surface area contributed by atoms with Gasteiger partial charge in [0.2, 0.25) is 0 Å². The largest absolute Gasteiger partial charge is 0.507 e. The van der Waals surface area contributed by atoms with Gasteiger partial charge in [-0.15, -0.1) is 0 Å². The molecule has 2 N–H and O–H groups in total. The highest BCUT2D eigenvalue weighted by atomic mass is 32.1. The van der Waals surface area contributed by atoms with E-state index in [1.165, 1.54) is 12.1 Å². The van der Waals surface area contributed by atoms with Crippen molar-refractivity contribution in [1.82, 2.24) is 0 Å². The number of aromatic hydroxyl groups is 1. The highest BCUT2D eigenvalue weighted by Gasteiger charge is 2.05. The molecule has 11 heavy (non-hydrogen) atoms. The van der Waals surface area contributed by atoms with Gasteiger partial charge in [0.1, 0.15) is 11.3 Å². The summed E-state index contributed by atoms with van der Waals surface area (Å²) in [6.07, 6.45) is 0. The zero-order valence-electron chi connectivity index (χ0n) is 5.61. The van der Waals surface area contributed by atoms with Gasteiger partial charge >= 0.3 is 5.97 Å². The summed E-state index contributed by atoms with van der Waals surface area (Å²) in [6, 6.07) is 5.81. The molecular weight excluding hydrogens is 164 g/mol. The molecule has 0 fully saturated rings. The number of aromatic carboxylic acids is 1. The zero-order chi connectivity index (χ0) is 7.56. The summed E-state index contributed by atoms with van der Waals surface area (Å²) in [5.74, 6) is -1.31. The Balaban J connectivity index is 0.000001000. The molecule has 0 radical (unpaired) electrons. The van der Waals surface area contributed by atoms with E-state index < -0.39 is 5.97 Å². The van der Waals surface area contributed by atoms with E-state index in [4.69, 9.17) is 10.2 Å². The Hall–Kier alpha value is -1.16. The molecule has 0 atom stereocenters. The van der Waals surface area contributed by atoms with E-state index in [0.717, 1.165) is 0 Å². The fourth-order valence-corrected chi connectivity index (χ4v) is 0.654. The van der Waals surface area contributed by atoms with Crippen molar-refractivity contribution in [2.24, 2.45) is 0 Å². The Morgan fingerprint density at radius 3 is 2.18 bits per heavy atom. The summed E-state index contributed by atoms with van der Waals surface area (Å²) < 4.78 is 0. The average molecular weight is 172 g/mol. The SMILES string of the molecule is O=C(O)c1ccccc1O.S. The second-order valence-electron chi connectivity index (χ2n) is 1.82. The smallest absolute Gasteiger partial charge is 0.339 e. The molecule has 0 bridgehead atoms. The van der Waals surface area contributed by atoms with E-state index in [-0.39, 0.29) is 24.8 Å². The first-order valence-corrected chi connectivity index (χ1v) is 2.73. The van der Waals surface area contributed by atoms with Crippen molar-refractivity contribution in [3.8, 4) is 5.75 Å². The Bertz CT molecular complexity index is 260. The van der Waals surface area contributed by atoms with E-state index >= 15 is 0 Å². The molecule has 60 valence electrons. The predicted molar refractivity (Wildman–Crippen MR) is 45.4 cm³/mol. The van der Waals surface area contributed by atoms with Gasteiger partial charge in [-0.05, 0) is 12.1 Å². The number of carboxylic acid groups (broad SMARTS) is 1. The summed E-state index contributed by atoms with van der Waals surface area (Å²) >= 11 is 0. The minimum absolute atomic E-state index is 0. The van der Waals surface area contributed by atoms with Crippen molar-refractivity contribution >= 4 is 19.5 Å². The lowest BCUT2D eigenvalue weighted by atomic mass is 10.2. The Kier molecular flexibility index (Phi) is 3.47. The van der Waals surface area contributed by atoms with Gasteiger partial charge < -0.3 is 10.2 Å². The third-order valence-corrected chi connectivity index (χ3v) is 1.13. The number of carbonyl (C=O) groups is 1. The number of hydrogen-bond acceptors (Lipinski definition) is 2. The van der Waals surface area contributed by atoms with Gasteiger partial charge in [0.15, 0.2) is 0 Å². The molecule has 1 aromatic rings. The maximum atomic E-state index is 10.3. The Labute approximate surface area is 70.7 Å². The molecule has 4 heteroatoms. The number of para-hydroxylation sites is 1. The van der Waals surface area contributed by atoms with Crippen LogP contribution < -0.4 is 0 Å². The summed E-state index contributed by atoms with van der Waals surface area (Å²) in [6.45, 7) is 0. The first-order valence-electron chi connectivity index (χ1n) is 2.73. The van der Waals surface area contributed by atoms with Crippen molar-refractivity contribution in [2.45, 2.75) is 0 Å². The molecule has 0 spiro atoms. The van der Waals surface area contributed by atoms with Crippen molar-refractivity contribution in [3.63, 3.8) is 0 Å². The van der Waals surface area contributed by atoms with E-state index in [2.05, 4.69) is 0 Å². The summed E-state index contributed by atoms with van der Waals surface area (Å²) in [5.41, 5.74) is -0.0671. The van der Waals surface area contributed by atoms with Gasteiger partial charge in [-0.25, -0.2) is 4.79 Å². The summed E-state index contributed by atoms with van der Waals surface area (Å²) in [5, 5.41) is 17.3. The molecule has 0 saturated carbocycles. The molecule has 3 nitrogen and oxygen atoms in total. The standard InChI is InChI=1S/C7H6O3.H2S/c8-6-4-2-1-3-5(6)7(9)10;/h1-4,8H,(H,9,10);1H2. The van der Waals surface area contributed by atoms with Crippen LogP contribution in [0.1, 0.15) is 10.4 Å². The predicted octanol–water partition coefficient (Wildman–Crippen LogP) is 1.20. The summed E-state index contributed by atoms with van der Waals surface area (Å²) in [7, 11) is 0. The van der Waals surface area contributed by atoms with Crippen LogP contribution in [0.25, 0.3) is 0 Å². The Morgan fingerprint density at radius 2 is 1.82 bits per heavy atom. The molecule has 0 aromatic heterocycles. The minimum Gasteiger partial charge on any atom is -0.507 e. The van der Waals surface area contributed by atoms with E-state index in [0.29, 0.717) is 0 Å². The summed E-state index contributed by atoms with van der Waals surface area (Å²) in [4.78, 5) is 10.3. The number of phenols is 1. The average Bonchev–Trinajstić information content (AvgIpc) is 1.88. The van der Waals surface area contributed by atoms with Gasteiger partial charge in [0.25, 0.3) is 0 Å². The number of carboxylic acids is 1. The topological polar surface area (TPSA) is 57.5 Å². The van der Waals surface area contributed by atoms with Gasteiger partial charge in [-0.2, -0.15) is 13.5 Å². The molecule has 0 aliphatic rings. The second-order valence-corrected chi connectivity index (χ2v) is 1.82. The number of hydrogen-bond donors (Lipinski definition) is 2. The third-order valence-electron chi connectivity index (χ3n) is 1.13. The van der Waals surface area contributed by atoms with Crippen LogP contribution in [0.15, 0.2) is 24.3 Å². The number of benzene rings is 1. The first kappa shape index (κ1) is 9.84. The third kappa shape index (κ3) is 2.16. The van der Waals surface area contributed by atoms with Crippen LogP contribution in [0, 0.1) is 0 Å². The van der Waals surface area contributed by atoms with Crippen molar-refractivity contribution < 1.29 is 15.0 Å².